The van der Waals surface area contributed by atoms with Gasteiger partial charge in [0.15, 0.2) is 5.82 Å². The molecule has 4 rings (SSSR count). The lowest BCUT2D eigenvalue weighted by molar-refractivity contribution is 0.649. The monoisotopic (exact) mass is 364 g/mol. The first-order valence-corrected chi connectivity index (χ1v) is 9.47. The number of hydrogen-bond acceptors (Lipinski definition) is 3. The van der Waals surface area contributed by atoms with Gasteiger partial charge < -0.3 is 9.88 Å². The van der Waals surface area contributed by atoms with Crippen LogP contribution < -0.4 is 5.32 Å². The fourth-order valence-electron chi connectivity index (χ4n) is 3.23. The Hall–Kier alpha value is -2.59. The summed E-state index contributed by atoms with van der Waals surface area (Å²) < 4.78 is 2.22. The van der Waals surface area contributed by atoms with Crippen molar-refractivity contribution in [1.82, 2.24) is 14.5 Å². The van der Waals surface area contributed by atoms with E-state index in [2.05, 4.69) is 45.2 Å². The summed E-state index contributed by atoms with van der Waals surface area (Å²) in [4.78, 5) is 9.48. The van der Waals surface area contributed by atoms with E-state index in [-0.39, 0.29) is 0 Å². The van der Waals surface area contributed by atoms with Crippen molar-refractivity contribution in [3.8, 4) is 0 Å². The zero-order chi connectivity index (χ0) is 17.8. The normalized spacial score (nSPS) is 11.3. The van der Waals surface area contributed by atoms with Crippen molar-refractivity contribution in [1.29, 1.82) is 0 Å². The molecule has 4 aromatic rings. The smallest absolute Gasteiger partial charge is 0.155 e. The first-order valence-electron chi connectivity index (χ1n) is 8.94. The summed E-state index contributed by atoms with van der Waals surface area (Å²) in [6.45, 7) is 1.63. The van der Waals surface area contributed by atoms with E-state index in [4.69, 9.17) is 16.6 Å². The van der Waals surface area contributed by atoms with Crippen LogP contribution in [0.15, 0.2) is 60.9 Å². The van der Waals surface area contributed by atoms with Crippen molar-refractivity contribution >= 4 is 39.4 Å². The number of unbranched alkanes of at least 4 members (excludes halogenated alkanes) is 1. The Morgan fingerprint density at radius 3 is 2.62 bits per heavy atom. The number of imidazole rings is 1. The molecule has 0 saturated heterocycles. The van der Waals surface area contributed by atoms with Gasteiger partial charge in [0.1, 0.15) is 5.52 Å². The number of pyridine rings is 1. The van der Waals surface area contributed by atoms with Crippen LogP contribution in [-0.4, -0.2) is 20.4 Å². The molecule has 0 fully saturated rings. The number of fused-ring (bicyclic) bond motifs is 3. The largest absolute Gasteiger partial charge is 0.364 e. The van der Waals surface area contributed by atoms with Crippen molar-refractivity contribution in [3.63, 3.8) is 0 Å². The van der Waals surface area contributed by atoms with E-state index in [9.17, 15) is 0 Å². The SMILES string of the molecule is ClCCCCn1cnc2c(NCc3ccccc3)nc3ccccc3c21. The minimum Gasteiger partial charge on any atom is -0.364 e. The third kappa shape index (κ3) is 3.37. The standard InChI is InChI=1S/C21H21ClN4/c22-12-6-7-13-26-15-24-19-20(26)17-10-4-5-11-18(17)25-21(19)23-14-16-8-2-1-3-9-16/h1-5,8-11,15H,6-7,12-14H2,(H,23,25). The molecule has 0 atom stereocenters. The predicted octanol–water partition coefficient (Wildman–Crippen LogP) is 5.22. The Bertz CT molecular complexity index is 1010. The van der Waals surface area contributed by atoms with Crippen LogP contribution in [0.4, 0.5) is 5.82 Å². The Morgan fingerprint density at radius 1 is 0.962 bits per heavy atom. The molecule has 0 unspecified atom stereocenters. The molecular formula is C21H21ClN4. The molecule has 0 bridgehead atoms. The summed E-state index contributed by atoms with van der Waals surface area (Å²) >= 11 is 5.83. The highest BCUT2D eigenvalue weighted by atomic mass is 35.5. The van der Waals surface area contributed by atoms with Crippen molar-refractivity contribution < 1.29 is 0 Å². The van der Waals surface area contributed by atoms with Crippen LogP contribution >= 0.6 is 11.6 Å². The number of nitrogens with zero attached hydrogens (tertiary/aromatic N) is 3. The van der Waals surface area contributed by atoms with Gasteiger partial charge in [0, 0.05) is 24.4 Å². The van der Waals surface area contributed by atoms with Crippen molar-refractivity contribution in [2.45, 2.75) is 25.9 Å². The van der Waals surface area contributed by atoms with E-state index >= 15 is 0 Å². The van der Waals surface area contributed by atoms with Gasteiger partial charge in [-0.25, -0.2) is 9.97 Å². The fourth-order valence-corrected chi connectivity index (χ4v) is 3.42. The minimum absolute atomic E-state index is 0.693. The molecule has 0 radical (unpaired) electrons. The molecule has 0 spiro atoms. The first-order chi connectivity index (χ1) is 12.9. The minimum atomic E-state index is 0.693. The molecule has 0 aliphatic carbocycles. The number of rotatable bonds is 7. The van der Waals surface area contributed by atoms with Gasteiger partial charge in [0.25, 0.3) is 0 Å². The average molecular weight is 365 g/mol. The second-order valence-electron chi connectivity index (χ2n) is 6.35. The van der Waals surface area contributed by atoms with Crippen LogP contribution in [0, 0.1) is 0 Å². The number of alkyl halides is 1. The summed E-state index contributed by atoms with van der Waals surface area (Å²) in [6.07, 6.45) is 3.96. The molecule has 0 aliphatic rings. The summed E-state index contributed by atoms with van der Waals surface area (Å²) in [6, 6.07) is 18.6. The highest BCUT2D eigenvalue weighted by molar-refractivity contribution is 6.17. The van der Waals surface area contributed by atoms with Crippen molar-refractivity contribution in [2.75, 3.05) is 11.2 Å². The number of benzene rings is 2. The Kier molecular flexibility index (Phi) is 5.02. The van der Waals surface area contributed by atoms with Crippen molar-refractivity contribution in [3.05, 3.63) is 66.5 Å². The maximum Gasteiger partial charge on any atom is 0.155 e. The highest BCUT2D eigenvalue weighted by Crippen LogP contribution is 2.29. The summed E-state index contributed by atoms with van der Waals surface area (Å²) in [7, 11) is 0. The summed E-state index contributed by atoms with van der Waals surface area (Å²) in [5.41, 5.74) is 4.26. The Morgan fingerprint density at radius 2 is 1.77 bits per heavy atom. The van der Waals surface area contributed by atoms with Crippen LogP contribution in [0.25, 0.3) is 21.9 Å². The number of anilines is 1. The molecule has 26 heavy (non-hydrogen) atoms. The van der Waals surface area contributed by atoms with Gasteiger partial charge >= 0.3 is 0 Å². The molecule has 0 aliphatic heterocycles. The molecule has 1 N–H and O–H groups in total. The topological polar surface area (TPSA) is 42.7 Å². The van der Waals surface area contributed by atoms with E-state index < -0.39 is 0 Å². The zero-order valence-corrected chi connectivity index (χ0v) is 15.3. The third-order valence-corrected chi connectivity index (χ3v) is 4.81. The predicted molar refractivity (Wildman–Crippen MR) is 109 cm³/mol. The fraction of sp³-hybridized carbons (Fsp3) is 0.238. The second-order valence-corrected chi connectivity index (χ2v) is 6.73. The van der Waals surface area contributed by atoms with Crippen LogP contribution in [0.2, 0.25) is 0 Å². The molecule has 132 valence electrons. The third-order valence-electron chi connectivity index (χ3n) is 4.54. The molecule has 0 saturated carbocycles. The van der Waals surface area contributed by atoms with Crippen LogP contribution in [0.1, 0.15) is 18.4 Å². The second kappa shape index (κ2) is 7.75. The van der Waals surface area contributed by atoms with Gasteiger partial charge in [0.2, 0.25) is 0 Å². The maximum atomic E-state index is 5.83. The lowest BCUT2D eigenvalue weighted by Crippen LogP contribution is -2.03. The van der Waals surface area contributed by atoms with E-state index in [1.807, 2.05) is 30.6 Å². The number of aromatic nitrogens is 3. The molecular weight excluding hydrogens is 344 g/mol. The van der Waals surface area contributed by atoms with E-state index in [1.54, 1.807) is 0 Å². The number of para-hydroxylation sites is 1. The van der Waals surface area contributed by atoms with Gasteiger partial charge in [-0.2, -0.15) is 0 Å². The van der Waals surface area contributed by atoms with Gasteiger partial charge in [-0.15, -0.1) is 11.6 Å². The Balaban J connectivity index is 1.74. The lowest BCUT2D eigenvalue weighted by Gasteiger charge is -2.11. The zero-order valence-electron chi connectivity index (χ0n) is 14.5. The molecule has 5 heteroatoms. The summed E-state index contributed by atoms with van der Waals surface area (Å²) in [5.74, 6) is 1.53. The maximum absolute atomic E-state index is 5.83. The van der Waals surface area contributed by atoms with Gasteiger partial charge in [-0.05, 0) is 24.5 Å². The number of halogens is 1. The van der Waals surface area contributed by atoms with Crippen molar-refractivity contribution in [2.24, 2.45) is 0 Å². The molecule has 2 aromatic heterocycles. The molecule has 2 heterocycles. The van der Waals surface area contributed by atoms with E-state index in [0.29, 0.717) is 5.88 Å². The van der Waals surface area contributed by atoms with Crippen LogP contribution in [0.3, 0.4) is 0 Å². The Labute approximate surface area is 157 Å². The number of aryl methyl sites for hydroxylation is 1. The number of nitrogens with one attached hydrogen (secondary N) is 1. The van der Waals surface area contributed by atoms with Gasteiger partial charge in [0.05, 0.1) is 17.4 Å². The average Bonchev–Trinajstić information content (AvgIpc) is 3.12. The lowest BCUT2D eigenvalue weighted by atomic mass is 10.1. The van der Waals surface area contributed by atoms with Crippen LogP contribution in [0.5, 0.6) is 0 Å². The molecule has 4 nitrogen and oxygen atoms in total. The van der Waals surface area contributed by atoms with E-state index in [1.165, 1.54) is 5.56 Å². The number of hydrogen-bond donors (Lipinski definition) is 1. The van der Waals surface area contributed by atoms with Gasteiger partial charge in [-0.1, -0.05) is 48.5 Å². The van der Waals surface area contributed by atoms with Crippen LogP contribution in [-0.2, 0) is 13.1 Å². The van der Waals surface area contributed by atoms with E-state index in [0.717, 1.165) is 53.7 Å². The highest BCUT2D eigenvalue weighted by Gasteiger charge is 2.13. The quantitative estimate of drug-likeness (QED) is 0.361. The first kappa shape index (κ1) is 16.9. The molecule has 0 amide bonds. The molecule has 2 aromatic carbocycles. The van der Waals surface area contributed by atoms with Gasteiger partial charge in [-0.3, -0.25) is 0 Å². The summed E-state index contributed by atoms with van der Waals surface area (Å²) in [5, 5.41) is 4.60.